The zero-order chi connectivity index (χ0) is 24.1. The van der Waals surface area contributed by atoms with Crippen LogP contribution in [0.3, 0.4) is 0 Å². The molecule has 0 fully saturated rings. The largest absolute Gasteiger partial charge is 0.507 e. The number of carbonyl (C=O) groups excluding carboxylic acids is 1. The number of hydrogen-bond acceptors (Lipinski definition) is 3. The fourth-order valence-electron chi connectivity index (χ4n) is 5.22. The molecule has 1 aliphatic heterocycles. The lowest BCUT2D eigenvalue weighted by atomic mass is 9.83. The Kier molecular flexibility index (Phi) is 9.67. The van der Waals surface area contributed by atoms with Crippen LogP contribution in [0, 0.1) is 38.5 Å². The highest BCUT2D eigenvalue weighted by atomic mass is 16.5. The second-order valence-corrected chi connectivity index (χ2v) is 11.4. The molecule has 1 aromatic rings. The summed E-state index contributed by atoms with van der Waals surface area (Å²) in [7, 11) is 0. The maximum Gasteiger partial charge on any atom is 0.170 e. The normalized spacial score (nSPS) is 20.2. The van der Waals surface area contributed by atoms with Crippen molar-refractivity contribution >= 4 is 5.78 Å². The highest BCUT2D eigenvalue weighted by Gasteiger charge is 2.39. The minimum absolute atomic E-state index is 0.101. The smallest absolute Gasteiger partial charge is 0.170 e. The molecule has 0 bridgehead atoms. The lowest BCUT2D eigenvalue weighted by Crippen LogP contribution is -2.40. The average Bonchev–Trinajstić information content (AvgIpc) is 2.69. The van der Waals surface area contributed by atoms with Crippen LogP contribution in [0.15, 0.2) is 0 Å². The van der Waals surface area contributed by atoms with Crippen LogP contribution in [0.25, 0.3) is 0 Å². The number of phenolic OH excluding ortho intramolecular Hbond substituents is 1. The molecule has 0 aliphatic carbocycles. The fraction of sp³-hybridized carbons (Fsp3) is 0.759. The van der Waals surface area contributed by atoms with Crippen LogP contribution in [0.5, 0.6) is 11.5 Å². The van der Waals surface area contributed by atoms with Gasteiger partial charge in [-0.1, -0.05) is 72.6 Å². The van der Waals surface area contributed by atoms with E-state index in [1.807, 2.05) is 20.8 Å². The molecule has 0 spiro atoms. The number of ketones is 1. The fourth-order valence-corrected chi connectivity index (χ4v) is 5.22. The summed E-state index contributed by atoms with van der Waals surface area (Å²) in [6.07, 6.45) is 11.6. The van der Waals surface area contributed by atoms with E-state index in [4.69, 9.17) is 4.74 Å². The molecule has 2 unspecified atom stereocenters. The molecule has 0 amide bonds. The SMILES string of the molecule is Cc1c(C)c2c(c(C)c1O)C(=O)C[C@](C)(CCCC(C)CCCC(C)CCCC(C)C)O2. The van der Waals surface area contributed by atoms with Crippen molar-refractivity contribution < 1.29 is 14.6 Å². The monoisotopic (exact) mass is 444 g/mol. The van der Waals surface area contributed by atoms with Gasteiger partial charge in [0.15, 0.2) is 5.78 Å². The molecule has 1 heterocycles. The number of aromatic hydroxyl groups is 1. The lowest BCUT2D eigenvalue weighted by molar-refractivity contribution is 0.0438. The van der Waals surface area contributed by atoms with E-state index in [0.29, 0.717) is 23.3 Å². The van der Waals surface area contributed by atoms with Crippen LogP contribution < -0.4 is 4.74 Å². The number of carbonyl (C=O) groups is 1. The molecule has 1 aliphatic rings. The zero-order valence-electron chi connectivity index (χ0n) is 22.1. The number of hydrogen-bond donors (Lipinski definition) is 1. The molecule has 1 N–H and O–H groups in total. The van der Waals surface area contributed by atoms with E-state index in [9.17, 15) is 9.90 Å². The third kappa shape index (κ3) is 6.99. The summed E-state index contributed by atoms with van der Waals surface area (Å²) < 4.78 is 6.45. The number of fused-ring (bicyclic) bond motifs is 1. The van der Waals surface area contributed by atoms with Gasteiger partial charge in [0.25, 0.3) is 0 Å². The van der Waals surface area contributed by atoms with E-state index in [1.165, 1.54) is 44.9 Å². The van der Waals surface area contributed by atoms with Gasteiger partial charge in [0.1, 0.15) is 17.1 Å². The molecule has 3 nitrogen and oxygen atoms in total. The van der Waals surface area contributed by atoms with Gasteiger partial charge in [-0.05, 0) is 69.4 Å². The summed E-state index contributed by atoms with van der Waals surface area (Å²) in [5.41, 5.74) is 2.49. The van der Waals surface area contributed by atoms with Gasteiger partial charge in [0.05, 0.1) is 12.0 Å². The molecule has 0 radical (unpaired) electrons. The van der Waals surface area contributed by atoms with Crippen molar-refractivity contribution in [2.75, 3.05) is 0 Å². The van der Waals surface area contributed by atoms with Crippen LogP contribution in [0.4, 0.5) is 0 Å². The summed E-state index contributed by atoms with van der Waals surface area (Å²) in [5.74, 6) is 3.41. The van der Waals surface area contributed by atoms with Crippen molar-refractivity contribution in [3.8, 4) is 11.5 Å². The van der Waals surface area contributed by atoms with Gasteiger partial charge in [-0.3, -0.25) is 4.79 Å². The quantitative estimate of drug-likeness (QED) is 0.351. The van der Waals surface area contributed by atoms with E-state index in [-0.39, 0.29) is 11.5 Å². The Morgan fingerprint density at radius 3 is 1.94 bits per heavy atom. The molecular formula is C29H48O3. The third-order valence-corrected chi connectivity index (χ3v) is 7.65. The molecule has 0 saturated heterocycles. The minimum atomic E-state index is -0.449. The molecule has 1 aromatic carbocycles. The van der Waals surface area contributed by atoms with Gasteiger partial charge in [-0.25, -0.2) is 0 Å². The summed E-state index contributed by atoms with van der Waals surface area (Å²) in [6.45, 7) is 17.1. The van der Waals surface area contributed by atoms with Crippen molar-refractivity contribution in [3.63, 3.8) is 0 Å². The molecular weight excluding hydrogens is 396 g/mol. The number of ether oxygens (including phenoxy) is 1. The molecule has 0 aromatic heterocycles. The third-order valence-electron chi connectivity index (χ3n) is 7.65. The second kappa shape index (κ2) is 11.6. The van der Waals surface area contributed by atoms with E-state index >= 15 is 0 Å². The Bertz CT molecular complexity index is 779. The Hall–Kier alpha value is -1.51. The van der Waals surface area contributed by atoms with Crippen LogP contribution in [0.1, 0.15) is 126 Å². The number of phenols is 1. The Morgan fingerprint density at radius 1 is 0.844 bits per heavy atom. The predicted octanol–water partition coefficient (Wildman–Crippen LogP) is 8.48. The molecule has 32 heavy (non-hydrogen) atoms. The Morgan fingerprint density at radius 2 is 1.38 bits per heavy atom. The summed E-state index contributed by atoms with van der Waals surface area (Å²) in [6, 6.07) is 0. The van der Waals surface area contributed by atoms with Crippen LogP contribution in [0.2, 0.25) is 0 Å². The molecule has 182 valence electrons. The van der Waals surface area contributed by atoms with E-state index in [1.54, 1.807) is 0 Å². The summed E-state index contributed by atoms with van der Waals surface area (Å²) in [4.78, 5) is 13.0. The summed E-state index contributed by atoms with van der Waals surface area (Å²) in [5, 5.41) is 10.4. The topological polar surface area (TPSA) is 46.5 Å². The van der Waals surface area contributed by atoms with E-state index in [0.717, 1.165) is 41.7 Å². The highest BCUT2D eigenvalue weighted by molar-refractivity contribution is 6.03. The predicted molar refractivity (Wildman–Crippen MR) is 135 cm³/mol. The lowest BCUT2D eigenvalue weighted by Gasteiger charge is -2.37. The van der Waals surface area contributed by atoms with Gasteiger partial charge < -0.3 is 9.84 Å². The van der Waals surface area contributed by atoms with Crippen molar-refractivity contribution in [1.82, 2.24) is 0 Å². The molecule has 3 heteroatoms. The van der Waals surface area contributed by atoms with Gasteiger partial charge in [-0.2, -0.15) is 0 Å². The first-order valence-corrected chi connectivity index (χ1v) is 13.0. The number of rotatable bonds is 12. The summed E-state index contributed by atoms with van der Waals surface area (Å²) >= 11 is 0. The van der Waals surface area contributed by atoms with Crippen LogP contribution >= 0.6 is 0 Å². The van der Waals surface area contributed by atoms with E-state index in [2.05, 4.69) is 34.6 Å². The average molecular weight is 445 g/mol. The molecule has 0 saturated carbocycles. The van der Waals surface area contributed by atoms with Crippen LogP contribution in [-0.4, -0.2) is 16.5 Å². The Labute approximate surface area is 197 Å². The maximum absolute atomic E-state index is 13.0. The minimum Gasteiger partial charge on any atom is -0.507 e. The van der Waals surface area contributed by atoms with Crippen LogP contribution in [-0.2, 0) is 0 Å². The van der Waals surface area contributed by atoms with Gasteiger partial charge in [0.2, 0.25) is 0 Å². The standard InChI is InChI=1S/C29H48O3/c1-19(2)12-9-13-20(3)14-10-15-21(4)16-11-17-29(8)18-25(30)26-24(7)27(31)22(5)23(6)28(26)32-29/h19-21,31H,9-18H2,1-8H3/t20?,21?,29-/m0/s1. The number of benzene rings is 1. The molecule has 3 atom stereocenters. The van der Waals surface area contributed by atoms with Crippen molar-refractivity contribution in [2.45, 2.75) is 125 Å². The van der Waals surface area contributed by atoms with Crippen molar-refractivity contribution in [1.29, 1.82) is 0 Å². The highest BCUT2D eigenvalue weighted by Crippen LogP contribution is 2.44. The maximum atomic E-state index is 13.0. The van der Waals surface area contributed by atoms with Crippen molar-refractivity contribution in [3.05, 3.63) is 22.3 Å². The number of Topliss-reactive ketones (excluding diaryl/α,β-unsaturated/α-hetero) is 1. The first kappa shape index (κ1) is 26.7. The first-order valence-electron chi connectivity index (χ1n) is 13.0. The van der Waals surface area contributed by atoms with Gasteiger partial charge >= 0.3 is 0 Å². The first-order chi connectivity index (χ1) is 14.9. The Balaban J connectivity index is 1.80. The van der Waals surface area contributed by atoms with Crippen molar-refractivity contribution in [2.24, 2.45) is 17.8 Å². The zero-order valence-corrected chi connectivity index (χ0v) is 22.1. The van der Waals surface area contributed by atoms with E-state index < -0.39 is 5.60 Å². The second-order valence-electron chi connectivity index (χ2n) is 11.4. The van der Waals surface area contributed by atoms with Gasteiger partial charge in [-0.15, -0.1) is 0 Å². The van der Waals surface area contributed by atoms with Gasteiger partial charge in [0, 0.05) is 5.56 Å². The molecule has 2 rings (SSSR count).